The van der Waals surface area contributed by atoms with Gasteiger partial charge in [-0.1, -0.05) is 29.5 Å². The van der Waals surface area contributed by atoms with Gasteiger partial charge < -0.3 is 9.30 Å². The molecule has 0 aliphatic rings. The quantitative estimate of drug-likeness (QED) is 0.620. The number of nitrogens with zero attached hydrogens (tertiary/aromatic N) is 2. The highest BCUT2D eigenvalue weighted by atomic mass is 32.2. The number of carbonyl (C=O) groups excluding carboxylic acids is 2. The van der Waals surface area contributed by atoms with Crippen molar-refractivity contribution in [2.75, 3.05) is 13.4 Å². The minimum absolute atomic E-state index is 0.143. The molecule has 3 aromatic rings. The minimum Gasteiger partial charge on any atom is -0.468 e. The van der Waals surface area contributed by atoms with Crippen molar-refractivity contribution < 1.29 is 22.7 Å². The van der Waals surface area contributed by atoms with E-state index >= 15 is 0 Å². The molecule has 1 amide bonds. The molecule has 1 aromatic heterocycles. The zero-order valence-electron chi connectivity index (χ0n) is 14.6. The van der Waals surface area contributed by atoms with Crippen LogP contribution in [0, 0.1) is 0 Å². The second-order valence-electron chi connectivity index (χ2n) is 5.73. The number of fused-ring (bicyclic) bond motifs is 1. The van der Waals surface area contributed by atoms with Crippen LogP contribution in [-0.2, 0) is 25.9 Å². The Morgan fingerprint density at radius 1 is 1.15 bits per heavy atom. The van der Waals surface area contributed by atoms with Gasteiger partial charge in [0.25, 0.3) is 5.91 Å². The van der Waals surface area contributed by atoms with Crippen molar-refractivity contribution in [2.45, 2.75) is 11.4 Å². The van der Waals surface area contributed by atoms with Crippen LogP contribution in [0.3, 0.4) is 0 Å². The van der Waals surface area contributed by atoms with E-state index in [1.807, 2.05) is 0 Å². The van der Waals surface area contributed by atoms with E-state index in [0.29, 0.717) is 15.8 Å². The second kappa shape index (κ2) is 7.45. The first-order chi connectivity index (χ1) is 12.8. The first kappa shape index (κ1) is 19.0. The Labute approximate surface area is 159 Å². The van der Waals surface area contributed by atoms with Gasteiger partial charge in [0.1, 0.15) is 6.54 Å². The SMILES string of the molecule is COC(=O)Cn1c(=NC(=O)c2ccccc2)sc2cc(S(C)(=O)=O)ccc21. The van der Waals surface area contributed by atoms with Crippen LogP contribution < -0.4 is 4.80 Å². The number of methoxy groups -OCH3 is 1. The number of benzene rings is 2. The maximum absolute atomic E-state index is 12.4. The smallest absolute Gasteiger partial charge is 0.325 e. The number of hydrogen-bond acceptors (Lipinski definition) is 6. The number of carbonyl (C=O) groups is 2. The van der Waals surface area contributed by atoms with Crippen molar-refractivity contribution in [3.63, 3.8) is 0 Å². The zero-order valence-corrected chi connectivity index (χ0v) is 16.2. The molecule has 0 aliphatic carbocycles. The first-order valence-electron chi connectivity index (χ1n) is 7.84. The minimum atomic E-state index is -3.38. The predicted molar refractivity (Wildman–Crippen MR) is 101 cm³/mol. The number of sulfone groups is 1. The summed E-state index contributed by atoms with van der Waals surface area (Å²) < 4.78 is 30.5. The van der Waals surface area contributed by atoms with Crippen molar-refractivity contribution in [1.29, 1.82) is 0 Å². The third-order valence-corrected chi connectivity index (χ3v) is 5.97. The van der Waals surface area contributed by atoms with Crippen molar-refractivity contribution in [1.82, 2.24) is 4.57 Å². The maximum Gasteiger partial charge on any atom is 0.325 e. The Morgan fingerprint density at radius 3 is 2.48 bits per heavy atom. The fourth-order valence-electron chi connectivity index (χ4n) is 2.45. The monoisotopic (exact) mass is 404 g/mol. The molecule has 3 rings (SSSR count). The van der Waals surface area contributed by atoms with Crippen molar-refractivity contribution in [3.05, 3.63) is 58.9 Å². The van der Waals surface area contributed by atoms with Crippen LogP contribution in [0.2, 0.25) is 0 Å². The van der Waals surface area contributed by atoms with E-state index in [9.17, 15) is 18.0 Å². The van der Waals surface area contributed by atoms with Crippen LogP contribution in [0.15, 0.2) is 58.4 Å². The molecule has 9 heteroatoms. The molecule has 140 valence electrons. The normalized spacial score (nSPS) is 12.3. The van der Waals surface area contributed by atoms with Gasteiger partial charge in [0.05, 0.1) is 22.2 Å². The number of amides is 1. The molecule has 0 radical (unpaired) electrons. The third-order valence-electron chi connectivity index (χ3n) is 3.82. The van der Waals surface area contributed by atoms with Crippen LogP contribution >= 0.6 is 11.3 Å². The largest absolute Gasteiger partial charge is 0.468 e. The van der Waals surface area contributed by atoms with Crippen LogP contribution in [-0.4, -0.2) is 38.2 Å². The predicted octanol–water partition coefficient (Wildman–Crippen LogP) is 2.02. The van der Waals surface area contributed by atoms with Gasteiger partial charge in [0, 0.05) is 11.8 Å². The summed E-state index contributed by atoms with van der Waals surface area (Å²) in [5.74, 6) is -0.959. The van der Waals surface area contributed by atoms with Crippen molar-refractivity contribution in [3.8, 4) is 0 Å². The van der Waals surface area contributed by atoms with Crippen LogP contribution in [0.5, 0.6) is 0 Å². The summed E-state index contributed by atoms with van der Waals surface area (Å²) in [5.41, 5.74) is 1.01. The number of rotatable bonds is 4. The summed E-state index contributed by atoms with van der Waals surface area (Å²) in [5, 5.41) is 0. The summed E-state index contributed by atoms with van der Waals surface area (Å²) >= 11 is 1.13. The van der Waals surface area contributed by atoms with E-state index in [2.05, 4.69) is 4.99 Å². The van der Waals surface area contributed by atoms with Crippen molar-refractivity contribution >= 4 is 43.3 Å². The van der Waals surface area contributed by atoms with E-state index in [1.165, 1.54) is 19.2 Å². The molecule has 0 saturated heterocycles. The van der Waals surface area contributed by atoms with Gasteiger partial charge in [-0.2, -0.15) is 4.99 Å². The molecular formula is C18H16N2O5S2. The number of aromatic nitrogens is 1. The molecule has 1 heterocycles. The molecule has 0 N–H and O–H groups in total. The first-order valence-corrected chi connectivity index (χ1v) is 10.5. The van der Waals surface area contributed by atoms with Gasteiger partial charge in [-0.15, -0.1) is 0 Å². The maximum atomic E-state index is 12.4. The Balaban J connectivity index is 2.20. The molecule has 0 atom stereocenters. The van der Waals surface area contributed by atoms with Crippen molar-refractivity contribution in [2.24, 2.45) is 4.99 Å². The molecule has 0 bridgehead atoms. The lowest BCUT2D eigenvalue weighted by atomic mass is 10.2. The fraction of sp³-hybridized carbons (Fsp3) is 0.167. The average molecular weight is 404 g/mol. The van der Waals surface area contributed by atoms with E-state index in [0.717, 1.165) is 17.6 Å². The van der Waals surface area contributed by atoms with Crippen LogP contribution in [0.1, 0.15) is 10.4 Å². The Kier molecular flexibility index (Phi) is 5.24. The van der Waals surface area contributed by atoms with E-state index < -0.39 is 21.7 Å². The van der Waals surface area contributed by atoms with E-state index in [4.69, 9.17) is 4.74 Å². The summed E-state index contributed by atoms with van der Waals surface area (Å²) in [7, 11) is -2.11. The highest BCUT2D eigenvalue weighted by Gasteiger charge is 2.15. The molecule has 27 heavy (non-hydrogen) atoms. The highest BCUT2D eigenvalue weighted by Crippen LogP contribution is 2.22. The van der Waals surface area contributed by atoms with Crippen LogP contribution in [0.25, 0.3) is 10.2 Å². The third kappa shape index (κ3) is 4.15. The lowest BCUT2D eigenvalue weighted by Gasteiger charge is -2.04. The number of thiazole rings is 1. The Bertz CT molecular complexity index is 1190. The van der Waals surface area contributed by atoms with Gasteiger partial charge in [-0.25, -0.2) is 8.42 Å². The van der Waals surface area contributed by atoms with Gasteiger partial charge >= 0.3 is 5.97 Å². The molecule has 7 nitrogen and oxygen atoms in total. The van der Waals surface area contributed by atoms with Gasteiger partial charge in [-0.05, 0) is 30.3 Å². The molecule has 0 unspecified atom stereocenters. The lowest BCUT2D eigenvalue weighted by molar-refractivity contribution is -0.141. The Morgan fingerprint density at radius 2 is 1.85 bits per heavy atom. The molecular weight excluding hydrogens is 388 g/mol. The Hall–Kier alpha value is -2.78. The molecule has 0 spiro atoms. The summed E-state index contributed by atoms with van der Waals surface area (Å²) in [6.45, 7) is -0.143. The summed E-state index contributed by atoms with van der Waals surface area (Å²) in [4.78, 5) is 28.8. The number of hydrogen-bond donors (Lipinski definition) is 0. The lowest BCUT2D eigenvalue weighted by Crippen LogP contribution is -2.22. The topological polar surface area (TPSA) is 94.8 Å². The number of esters is 1. The van der Waals surface area contributed by atoms with Gasteiger partial charge in [0.15, 0.2) is 14.6 Å². The summed E-state index contributed by atoms with van der Waals surface area (Å²) in [6, 6.07) is 13.1. The molecule has 2 aromatic carbocycles. The van der Waals surface area contributed by atoms with E-state index in [-0.39, 0.29) is 16.2 Å². The van der Waals surface area contributed by atoms with Crippen LogP contribution in [0.4, 0.5) is 0 Å². The summed E-state index contributed by atoms with van der Waals surface area (Å²) in [6.07, 6.45) is 1.12. The van der Waals surface area contributed by atoms with Gasteiger partial charge in [0.2, 0.25) is 0 Å². The zero-order chi connectivity index (χ0) is 19.6. The second-order valence-corrected chi connectivity index (χ2v) is 8.76. The fourth-order valence-corrected chi connectivity index (χ4v) is 4.24. The molecule has 0 saturated carbocycles. The van der Waals surface area contributed by atoms with Gasteiger partial charge in [-0.3, -0.25) is 9.59 Å². The molecule has 0 aliphatic heterocycles. The molecule has 0 fully saturated rings. The number of ether oxygens (including phenoxy) is 1. The van der Waals surface area contributed by atoms with E-state index in [1.54, 1.807) is 41.0 Å². The average Bonchev–Trinajstić information content (AvgIpc) is 2.98. The highest BCUT2D eigenvalue weighted by molar-refractivity contribution is 7.90. The standard InChI is InChI=1S/C18H16N2O5S2/c1-25-16(21)11-20-14-9-8-13(27(2,23)24)10-15(14)26-18(20)19-17(22)12-6-4-3-5-7-12/h3-10H,11H2,1-2H3.